The second-order valence-electron chi connectivity index (χ2n) is 8.48. The Labute approximate surface area is 204 Å². The fourth-order valence-electron chi connectivity index (χ4n) is 3.96. The molecule has 184 valence electrons. The lowest BCUT2D eigenvalue weighted by Crippen LogP contribution is -2.41. The standard InChI is InChI=1S/C25H35N5O3S/c1-4-6-7-15-33-21-13-11-18(12-14-21)29-25-26-17-22(34(3)32)24(30-25)28-20-10-8-9-19(16-20)27-23(31)5-2/h5,11-14,17,19-20H,2,4,6-10,15-16H2,1,3H3,(H,27,31)(H2,26,28,29,30). The summed E-state index contributed by atoms with van der Waals surface area (Å²) in [5, 5.41) is 9.63. The Kier molecular flexibility index (Phi) is 9.88. The van der Waals surface area contributed by atoms with Crippen molar-refractivity contribution in [1.29, 1.82) is 0 Å². The van der Waals surface area contributed by atoms with Crippen LogP contribution in [-0.4, -0.2) is 45.0 Å². The first kappa shape index (κ1) is 25.7. The van der Waals surface area contributed by atoms with E-state index in [1.807, 2.05) is 24.3 Å². The van der Waals surface area contributed by atoms with Crippen LogP contribution in [0, 0.1) is 0 Å². The number of hydrogen-bond donors (Lipinski definition) is 3. The van der Waals surface area contributed by atoms with Gasteiger partial charge in [0.2, 0.25) is 11.9 Å². The molecule has 0 spiro atoms. The average Bonchev–Trinajstić information content (AvgIpc) is 2.83. The molecule has 1 fully saturated rings. The van der Waals surface area contributed by atoms with Crippen molar-refractivity contribution in [3.63, 3.8) is 0 Å². The van der Waals surface area contributed by atoms with Crippen LogP contribution in [-0.2, 0) is 15.6 Å². The number of amides is 1. The van der Waals surface area contributed by atoms with Crippen LogP contribution in [0.3, 0.4) is 0 Å². The summed E-state index contributed by atoms with van der Waals surface area (Å²) >= 11 is 0. The monoisotopic (exact) mass is 485 g/mol. The van der Waals surface area contributed by atoms with E-state index < -0.39 is 10.8 Å². The molecule has 34 heavy (non-hydrogen) atoms. The van der Waals surface area contributed by atoms with Gasteiger partial charge in [0.05, 0.1) is 28.5 Å². The van der Waals surface area contributed by atoms with E-state index in [0.717, 1.165) is 50.0 Å². The van der Waals surface area contributed by atoms with Gasteiger partial charge in [-0.25, -0.2) is 4.98 Å². The smallest absolute Gasteiger partial charge is 0.243 e. The van der Waals surface area contributed by atoms with Crippen LogP contribution in [0.4, 0.5) is 17.5 Å². The predicted octanol–water partition coefficient (Wildman–Crippen LogP) is 4.55. The van der Waals surface area contributed by atoms with Gasteiger partial charge in [0.1, 0.15) is 11.6 Å². The van der Waals surface area contributed by atoms with Gasteiger partial charge in [0, 0.05) is 24.0 Å². The van der Waals surface area contributed by atoms with E-state index in [1.165, 1.54) is 12.5 Å². The molecule has 0 aliphatic heterocycles. The molecule has 2 aromatic rings. The van der Waals surface area contributed by atoms with Crippen LogP contribution in [0.1, 0.15) is 51.9 Å². The minimum Gasteiger partial charge on any atom is -0.494 e. The summed E-state index contributed by atoms with van der Waals surface area (Å²) < 4.78 is 18.0. The van der Waals surface area contributed by atoms with E-state index in [-0.39, 0.29) is 18.0 Å². The number of anilines is 3. The Hall–Kier alpha value is -2.94. The van der Waals surface area contributed by atoms with Gasteiger partial charge in [-0.2, -0.15) is 4.98 Å². The molecular weight excluding hydrogens is 450 g/mol. The summed E-state index contributed by atoms with van der Waals surface area (Å²) in [4.78, 5) is 21.2. The molecular formula is C25H35N5O3S. The topological polar surface area (TPSA) is 105 Å². The van der Waals surface area contributed by atoms with Gasteiger partial charge in [-0.05, 0) is 62.4 Å². The number of rotatable bonds is 12. The van der Waals surface area contributed by atoms with Crippen LogP contribution >= 0.6 is 0 Å². The fraction of sp³-hybridized carbons (Fsp3) is 0.480. The molecule has 8 nitrogen and oxygen atoms in total. The van der Waals surface area contributed by atoms with Crippen molar-refractivity contribution in [2.75, 3.05) is 23.5 Å². The second kappa shape index (κ2) is 13.1. The molecule has 1 heterocycles. The van der Waals surface area contributed by atoms with E-state index >= 15 is 0 Å². The van der Waals surface area contributed by atoms with E-state index in [2.05, 4.69) is 39.4 Å². The van der Waals surface area contributed by atoms with Gasteiger partial charge in [-0.1, -0.05) is 26.3 Å². The summed E-state index contributed by atoms with van der Waals surface area (Å²) in [7, 11) is -1.24. The normalized spacial score (nSPS) is 18.5. The number of aromatic nitrogens is 2. The summed E-state index contributed by atoms with van der Waals surface area (Å²) in [5.41, 5.74) is 0.835. The van der Waals surface area contributed by atoms with Gasteiger partial charge in [0.25, 0.3) is 0 Å². The average molecular weight is 486 g/mol. The molecule has 9 heteroatoms. The highest BCUT2D eigenvalue weighted by Gasteiger charge is 2.24. The van der Waals surface area contributed by atoms with Crippen LogP contribution in [0.15, 0.2) is 48.0 Å². The molecule has 1 aromatic carbocycles. The van der Waals surface area contributed by atoms with Crippen LogP contribution in [0.2, 0.25) is 0 Å². The van der Waals surface area contributed by atoms with E-state index in [4.69, 9.17) is 4.74 Å². The molecule has 3 N–H and O–H groups in total. The van der Waals surface area contributed by atoms with Crippen LogP contribution in [0.25, 0.3) is 0 Å². The fourth-order valence-corrected chi connectivity index (χ4v) is 4.53. The van der Waals surface area contributed by atoms with Crippen molar-refractivity contribution in [3.8, 4) is 5.75 Å². The zero-order valence-corrected chi connectivity index (χ0v) is 20.8. The minimum absolute atomic E-state index is 0.0782. The zero-order chi connectivity index (χ0) is 24.3. The second-order valence-corrected chi connectivity index (χ2v) is 9.83. The van der Waals surface area contributed by atoms with Crippen molar-refractivity contribution < 1.29 is 13.7 Å². The highest BCUT2D eigenvalue weighted by Crippen LogP contribution is 2.26. The molecule has 0 saturated heterocycles. The van der Waals surface area contributed by atoms with Gasteiger partial charge < -0.3 is 20.7 Å². The third-order valence-electron chi connectivity index (χ3n) is 5.74. The molecule has 0 bridgehead atoms. The van der Waals surface area contributed by atoms with Crippen LogP contribution in [0.5, 0.6) is 5.75 Å². The molecule has 3 unspecified atom stereocenters. The summed E-state index contributed by atoms with van der Waals surface area (Å²) in [5.74, 6) is 1.64. The Morgan fingerprint density at radius 3 is 2.71 bits per heavy atom. The molecule has 1 amide bonds. The molecule has 0 radical (unpaired) electrons. The van der Waals surface area contributed by atoms with Crippen molar-refractivity contribution in [2.24, 2.45) is 0 Å². The molecule has 1 aromatic heterocycles. The highest BCUT2D eigenvalue weighted by atomic mass is 32.2. The SMILES string of the molecule is C=CC(=O)NC1CCCC(Nc2nc(Nc3ccc(OCCCCC)cc3)ncc2S(C)=O)C1. The van der Waals surface area contributed by atoms with E-state index in [1.54, 1.807) is 12.5 Å². The number of nitrogens with zero attached hydrogens (tertiary/aromatic N) is 2. The molecule has 1 aliphatic carbocycles. The van der Waals surface area contributed by atoms with Gasteiger partial charge in [-0.15, -0.1) is 0 Å². The predicted molar refractivity (Wildman–Crippen MR) is 137 cm³/mol. The van der Waals surface area contributed by atoms with E-state index in [9.17, 15) is 9.00 Å². The number of nitrogens with one attached hydrogen (secondary N) is 3. The number of hydrogen-bond acceptors (Lipinski definition) is 7. The minimum atomic E-state index is -1.24. The van der Waals surface area contributed by atoms with Crippen molar-refractivity contribution in [2.45, 2.75) is 68.8 Å². The third kappa shape index (κ3) is 7.83. The van der Waals surface area contributed by atoms with Gasteiger partial charge in [-0.3, -0.25) is 9.00 Å². The Balaban J connectivity index is 1.65. The zero-order valence-electron chi connectivity index (χ0n) is 20.0. The van der Waals surface area contributed by atoms with Crippen molar-refractivity contribution in [3.05, 3.63) is 43.1 Å². The number of carbonyl (C=O) groups is 1. The first-order valence-electron chi connectivity index (χ1n) is 11.9. The maximum absolute atomic E-state index is 12.3. The number of benzene rings is 1. The van der Waals surface area contributed by atoms with Crippen molar-refractivity contribution in [1.82, 2.24) is 15.3 Å². The molecule has 1 saturated carbocycles. The summed E-state index contributed by atoms with van der Waals surface area (Å²) in [6.07, 6.45) is 11.5. The Morgan fingerprint density at radius 2 is 2.00 bits per heavy atom. The summed E-state index contributed by atoms with van der Waals surface area (Å²) in [6.45, 7) is 6.41. The first-order chi connectivity index (χ1) is 16.5. The lowest BCUT2D eigenvalue weighted by molar-refractivity contribution is -0.117. The third-order valence-corrected chi connectivity index (χ3v) is 6.66. The van der Waals surface area contributed by atoms with Gasteiger partial charge >= 0.3 is 0 Å². The lowest BCUT2D eigenvalue weighted by atomic mass is 9.91. The number of unbranched alkanes of at least 4 members (excludes halogenated alkanes) is 2. The lowest BCUT2D eigenvalue weighted by Gasteiger charge is -2.30. The van der Waals surface area contributed by atoms with Crippen molar-refractivity contribution >= 4 is 34.2 Å². The first-order valence-corrected chi connectivity index (χ1v) is 13.4. The van der Waals surface area contributed by atoms with E-state index in [0.29, 0.717) is 23.3 Å². The molecule has 3 rings (SSSR count). The summed E-state index contributed by atoms with van der Waals surface area (Å²) in [6, 6.07) is 7.87. The Bertz CT molecular complexity index is 983. The number of carbonyl (C=O) groups excluding carboxylic acids is 1. The Morgan fingerprint density at radius 1 is 1.24 bits per heavy atom. The highest BCUT2D eigenvalue weighted by molar-refractivity contribution is 7.84. The molecule has 3 atom stereocenters. The maximum Gasteiger partial charge on any atom is 0.243 e. The van der Waals surface area contributed by atoms with Crippen LogP contribution < -0.4 is 20.7 Å². The largest absolute Gasteiger partial charge is 0.494 e. The number of ether oxygens (including phenoxy) is 1. The molecule has 1 aliphatic rings. The quantitative estimate of drug-likeness (QED) is 0.299. The van der Waals surface area contributed by atoms with Gasteiger partial charge in [0.15, 0.2) is 0 Å². The maximum atomic E-state index is 12.3.